The minimum atomic E-state index is 0.171. The number of likely N-dealkylation sites (tertiary alicyclic amines) is 1. The van der Waals surface area contributed by atoms with Crippen molar-refractivity contribution in [1.29, 1.82) is 0 Å². The molecule has 1 rings (SSSR count). The second-order valence-corrected chi connectivity index (χ2v) is 4.98. The molecule has 1 aliphatic heterocycles. The third kappa shape index (κ3) is 5.85. The summed E-state index contributed by atoms with van der Waals surface area (Å²) < 4.78 is 0. The minimum absolute atomic E-state index is 0.171. The van der Waals surface area contributed by atoms with Crippen LogP contribution in [0.25, 0.3) is 0 Å². The highest BCUT2D eigenvalue weighted by molar-refractivity contribution is 5.86. The van der Waals surface area contributed by atoms with E-state index in [0.29, 0.717) is 19.4 Å². The summed E-state index contributed by atoms with van der Waals surface area (Å²) in [6.07, 6.45) is 8.94. The van der Waals surface area contributed by atoms with Gasteiger partial charge in [-0.05, 0) is 19.3 Å². The lowest BCUT2D eigenvalue weighted by atomic mass is 10.1. The lowest BCUT2D eigenvalue weighted by molar-refractivity contribution is -0.135. The van der Waals surface area contributed by atoms with Gasteiger partial charge in [-0.2, -0.15) is 0 Å². The highest BCUT2D eigenvalue weighted by Crippen LogP contribution is 2.11. The number of rotatable bonds is 7. The van der Waals surface area contributed by atoms with Crippen molar-refractivity contribution in [1.82, 2.24) is 4.90 Å². The van der Waals surface area contributed by atoms with Crippen LogP contribution in [-0.2, 0) is 9.59 Å². The quantitative estimate of drug-likeness (QED) is 0.641. The molecule has 0 N–H and O–H groups in total. The molecular weight excluding hydrogens is 214 g/mol. The van der Waals surface area contributed by atoms with Crippen LogP contribution in [0.4, 0.5) is 0 Å². The number of nitrogens with zero attached hydrogens (tertiary/aromatic N) is 1. The van der Waals surface area contributed by atoms with Crippen LogP contribution in [0, 0.1) is 0 Å². The molecule has 3 nitrogen and oxygen atoms in total. The molecule has 0 spiro atoms. The first-order valence-corrected chi connectivity index (χ1v) is 7.03. The van der Waals surface area contributed by atoms with Crippen molar-refractivity contribution in [3.63, 3.8) is 0 Å². The number of carbonyl (C=O) groups is 2. The largest absolute Gasteiger partial charge is 0.335 e. The van der Waals surface area contributed by atoms with Crippen molar-refractivity contribution >= 4 is 11.7 Å². The van der Waals surface area contributed by atoms with E-state index in [4.69, 9.17) is 0 Å². The average molecular weight is 239 g/mol. The Morgan fingerprint density at radius 1 is 1.18 bits per heavy atom. The van der Waals surface area contributed by atoms with Gasteiger partial charge in [-0.1, -0.05) is 32.6 Å². The Bertz CT molecular complexity index is 251. The van der Waals surface area contributed by atoms with Gasteiger partial charge < -0.3 is 4.90 Å². The van der Waals surface area contributed by atoms with Gasteiger partial charge in [0.15, 0.2) is 5.78 Å². The molecule has 0 unspecified atom stereocenters. The van der Waals surface area contributed by atoms with Crippen LogP contribution in [0.3, 0.4) is 0 Å². The fraction of sp³-hybridized carbons (Fsp3) is 0.857. The number of carbonyl (C=O) groups excluding carboxylic acids is 2. The van der Waals surface area contributed by atoms with Crippen molar-refractivity contribution in [2.24, 2.45) is 0 Å². The summed E-state index contributed by atoms with van der Waals surface area (Å²) in [7, 11) is 0. The third-order valence-electron chi connectivity index (χ3n) is 3.35. The lowest BCUT2D eigenvalue weighted by Gasteiger charge is -2.19. The van der Waals surface area contributed by atoms with Gasteiger partial charge in [0.1, 0.15) is 0 Å². The zero-order chi connectivity index (χ0) is 12.5. The molecule has 1 amide bonds. The monoisotopic (exact) mass is 239 g/mol. The van der Waals surface area contributed by atoms with E-state index in [1.54, 1.807) is 4.90 Å². The van der Waals surface area contributed by atoms with Crippen molar-refractivity contribution in [3.8, 4) is 0 Å². The summed E-state index contributed by atoms with van der Waals surface area (Å²) in [4.78, 5) is 25.2. The normalized spacial score (nSPS) is 17.0. The van der Waals surface area contributed by atoms with E-state index >= 15 is 0 Å². The number of amides is 1. The molecule has 1 fully saturated rings. The molecule has 0 atom stereocenters. The number of hydrogen-bond acceptors (Lipinski definition) is 2. The Kier molecular flexibility index (Phi) is 6.90. The molecule has 0 aromatic rings. The minimum Gasteiger partial charge on any atom is -0.335 e. The van der Waals surface area contributed by atoms with E-state index in [0.717, 1.165) is 38.6 Å². The molecule has 17 heavy (non-hydrogen) atoms. The van der Waals surface area contributed by atoms with Crippen LogP contribution >= 0.6 is 0 Å². The fourth-order valence-corrected chi connectivity index (χ4v) is 2.25. The molecule has 0 aromatic heterocycles. The van der Waals surface area contributed by atoms with Crippen LogP contribution in [0.1, 0.15) is 64.7 Å². The second kappa shape index (κ2) is 8.26. The van der Waals surface area contributed by atoms with Gasteiger partial charge >= 0.3 is 0 Å². The predicted molar refractivity (Wildman–Crippen MR) is 68.8 cm³/mol. The number of hydrogen-bond donors (Lipinski definition) is 0. The van der Waals surface area contributed by atoms with Gasteiger partial charge in [0.2, 0.25) is 5.91 Å². The van der Waals surface area contributed by atoms with Gasteiger partial charge in [-0.15, -0.1) is 0 Å². The van der Waals surface area contributed by atoms with E-state index in [-0.39, 0.29) is 11.7 Å². The Morgan fingerprint density at radius 2 is 2.00 bits per heavy atom. The van der Waals surface area contributed by atoms with Gasteiger partial charge in [-0.25, -0.2) is 0 Å². The van der Waals surface area contributed by atoms with Crippen LogP contribution in [-0.4, -0.2) is 29.7 Å². The second-order valence-electron chi connectivity index (χ2n) is 4.98. The first kappa shape index (κ1) is 14.2. The number of Topliss-reactive ketones (excluding diaryl/α,β-unsaturated/α-hetero) is 1. The molecule has 0 radical (unpaired) electrons. The summed E-state index contributed by atoms with van der Waals surface area (Å²) in [5.74, 6) is 0.403. The van der Waals surface area contributed by atoms with Crippen LogP contribution in [0.15, 0.2) is 0 Å². The SMILES string of the molecule is CCCCCCC(=O)CN1CCCCCC1=O. The molecule has 0 aromatic carbocycles. The van der Waals surface area contributed by atoms with Crippen molar-refractivity contribution in [3.05, 3.63) is 0 Å². The molecule has 0 aliphatic carbocycles. The van der Waals surface area contributed by atoms with Crippen molar-refractivity contribution in [2.45, 2.75) is 64.7 Å². The Morgan fingerprint density at radius 3 is 2.76 bits per heavy atom. The zero-order valence-corrected chi connectivity index (χ0v) is 11.0. The van der Waals surface area contributed by atoms with Crippen LogP contribution < -0.4 is 0 Å². The Hall–Kier alpha value is -0.860. The maximum absolute atomic E-state index is 11.7. The highest BCUT2D eigenvalue weighted by atomic mass is 16.2. The standard InChI is InChI=1S/C14H25NO2/c1-2-3-4-6-9-13(16)12-15-11-8-5-7-10-14(15)17/h2-12H2,1H3. The Labute approximate surface area is 105 Å². The summed E-state index contributed by atoms with van der Waals surface area (Å²) in [6.45, 7) is 3.29. The van der Waals surface area contributed by atoms with E-state index in [9.17, 15) is 9.59 Å². The van der Waals surface area contributed by atoms with Gasteiger partial charge in [0, 0.05) is 19.4 Å². The first-order chi connectivity index (χ1) is 8.24. The molecule has 1 saturated heterocycles. The van der Waals surface area contributed by atoms with Gasteiger partial charge in [0.05, 0.1) is 6.54 Å². The van der Waals surface area contributed by atoms with E-state index in [1.807, 2.05) is 0 Å². The topological polar surface area (TPSA) is 37.4 Å². The zero-order valence-electron chi connectivity index (χ0n) is 11.0. The van der Waals surface area contributed by atoms with E-state index in [1.165, 1.54) is 12.8 Å². The molecule has 1 heterocycles. The molecule has 1 aliphatic rings. The fourth-order valence-electron chi connectivity index (χ4n) is 2.25. The van der Waals surface area contributed by atoms with Gasteiger partial charge in [-0.3, -0.25) is 9.59 Å². The summed E-state index contributed by atoms with van der Waals surface area (Å²) in [6, 6.07) is 0. The maximum atomic E-state index is 11.7. The average Bonchev–Trinajstić information content (AvgIpc) is 2.51. The lowest BCUT2D eigenvalue weighted by Crippen LogP contribution is -2.35. The van der Waals surface area contributed by atoms with Crippen LogP contribution in [0.5, 0.6) is 0 Å². The molecule has 0 bridgehead atoms. The summed E-state index contributed by atoms with van der Waals surface area (Å²) in [5.41, 5.74) is 0. The molecular formula is C14H25NO2. The van der Waals surface area contributed by atoms with Crippen molar-refractivity contribution in [2.75, 3.05) is 13.1 Å². The van der Waals surface area contributed by atoms with Crippen molar-refractivity contribution < 1.29 is 9.59 Å². The van der Waals surface area contributed by atoms with Gasteiger partial charge in [0.25, 0.3) is 0 Å². The molecule has 0 saturated carbocycles. The van der Waals surface area contributed by atoms with Crippen LogP contribution in [0.2, 0.25) is 0 Å². The summed E-state index contributed by atoms with van der Waals surface area (Å²) in [5, 5.41) is 0. The third-order valence-corrected chi connectivity index (χ3v) is 3.35. The molecule has 98 valence electrons. The number of ketones is 1. The highest BCUT2D eigenvalue weighted by Gasteiger charge is 2.18. The first-order valence-electron chi connectivity index (χ1n) is 7.03. The maximum Gasteiger partial charge on any atom is 0.222 e. The van der Waals surface area contributed by atoms with E-state index < -0.39 is 0 Å². The molecule has 3 heteroatoms. The smallest absolute Gasteiger partial charge is 0.222 e. The predicted octanol–water partition coefficient (Wildman–Crippen LogP) is 2.93. The number of unbranched alkanes of at least 4 members (excludes halogenated alkanes) is 3. The Balaban J connectivity index is 2.21. The summed E-state index contributed by atoms with van der Waals surface area (Å²) >= 11 is 0. The van der Waals surface area contributed by atoms with E-state index in [2.05, 4.69) is 6.92 Å².